The lowest BCUT2D eigenvalue weighted by atomic mass is 10.1. The first kappa shape index (κ1) is 12.4. The van der Waals surface area contributed by atoms with Crippen LogP contribution in [0.4, 0.5) is 24.5 Å². The third-order valence-corrected chi connectivity index (χ3v) is 1.95. The zero-order valence-electron chi connectivity index (χ0n) is 8.86. The molecule has 0 amide bonds. The SMILES string of the molecule is C=C(C)CNc1ccc(N)c(C(F)(F)F)c1. The lowest BCUT2D eigenvalue weighted by molar-refractivity contribution is -0.136. The van der Waals surface area contributed by atoms with Crippen molar-refractivity contribution in [3.8, 4) is 0 Å². The van der Waals surface area contributed by atoms with E-state index in [0.29, 0.717) is 12.2 Å². The monoisotopic (exact) mass is 230 g/mol. The van der Waals surface area contributed by atoms with E-state index in [4.69, 9.17) is 5.73 Å². The molecule has 0 heterocycles. The Bertz CT molecular complexity index is 397. The second kappa shape index (κ2) is 4.47. The molecular weight excluding hydrogens is 217 g/mol. The van der Waals surface area contributed by atoms with E-state index in [0.717, 1.165) is 11.6 Å². The second-order valence-electron chi connectivity index (χ2n) is 3.61. The molecule has 0 spiro atoms. The van der Waals surface area contributed by atoms with Gasteiger partial charge in [0.1, 0.15) is 0 Å². The van der Waals surface area contributed by atoms with Crippen molar-refractivity contribution >= 4 is 11.4 Å². The van der Waals surface area contributed by atoms with Gasteiger partial charge in [-0.1, -0.05) is 12.2 Å². The molecule has 88 valence electrons. The van der Waals surface area contributed by atoms with Gasteiger partial charge in [0, 0.05) is 17.9 Å². The zero-order valence-corrected chi connectivity index (χ0v) is 8.86. The van der Waals surface area contributed by atoms with Crippen LogP contribution >= 0.6 is 0 Å². The Morgan fingerprint density at radius 3 is 2.56 bits per heavy atom. The van der Waals surface area contributed by atoms with Gasteiger partial charge < -0.3 is 11.1 Å². The summed E-state index contributed by atoms with van der Waals surface area (Å²) in [6, 6.07) is 3.75. The molecule has 0 aliphatic heterocycles. The molecule has 0 unspecified atom stereocenters. The number of nitrogen functional groups attached to an aromatic ring is 1. The standard InChI is InChI=1S/C11H13F3N2/c1-7(2)6-16-8-3-4-10(15)9(5-8)11(12,13)14/h3-5,16H,1,6,15H2,2H3. The molecule has 0 saturated carbocycles. The van der Waals surface area contributed by atoms with Crippen LogP contribution < -0.4 is 11.1 Å². The van der Waals surface area contributed by atoms with Crippen LogP contribution in [-0.4, -0.2) is 6.54 Å². The first-order chi connectivity index (χ1) is 7.30. The minimum absolute atomic E-state index is 0.270. The molecule has 2 nitrogen and oxygen atoms in total. The summed E-state index contributed by atoms with van der Waals surface area (Å²) in [6.45, 7) is 5.87. The molecule has 0 saturated heterocycles. The van der Waals surface area contributed by atoms with Crippen LogP contribution in [0.2, 0.25) is 0 Å². The Morgan fingerprint density at radius 2 is 2.06 bits per heavy atom. The van der Waals surface area contributed by atoms with Crippen molar-refractivity contribution in [3.05, 3.63) is 35.9 Å². The molecule has 16 heavy (non-hydrogen) atoms. The van der Waals surface area contributed by atoms with Gasteiger partial charge in [0.15, 0.2) is 0 Å². The van der Waals surface area contributed by atoms with Crippen molar-refractivity contribution in [1.82, 2.24) is 0 Å². The number of halogens is 3. The summed E-state index contributed by atoms with van der Waals surface area (Å²) in [5, 5.41) is 2.83. The number of hydrogen-bond acceptors (Lipinski definition) is 2. The molecule has 0 aliphatic carbocycles. The van der Waals surface area contributed by atoms with E-state index >= 15 is 0 Å². The average molecular weight is 230 g/mol. The van der Waals surface area contributed by atoms with E-state index in [1.165, 1.54) is 12.1 Å². The molecular formula is C11H13F3N2. The minimum Gasteiger partial charge on any atom is -0.398 e. The zero-order chi connectivity index (χ0) is 12.3. The predicted octanol–water partition coefficient (Wildman–Crippen LogP) is 3.28. The van der Waals surface area contributed by atoms with E-state index in [9.17, 15) is 13.2 Å². The molecule has 1 aromatic carbocycles. The van der Waals surface area contributed by atoms with E-state index in [1.54, 1.807) is 6.92 Å². The maximum Gasteiger partial charge on any atom is 0.418 e. The van der Waals surface area contributed by atoms with Gasteiger partial charge in [0.25, 0.3) is 0 Å². The van der Waals surface area contributed by atoms with Crippen molar-refractivity contribution in [2.24, 2.45) is 0 Å². The normalized spacial score (nSPS) is 11.2. The highest BCUT2D eigenvalue weighted by Gasteiger charge is 2.33. The number of rotatable bonds is 3. The number of anilines is 2. The molecule has 1 rings (SSSR count). The van der Waals surface area contributed by atoms with Crippen LogP contribution in [-0.2, 0) is 6.18 Å². The van der Waals surface area contributed by atoms with Gasteiger partial charge in [0.05, 0.1) is 5.56 Å². The van der Waals surface area contributed by atoms with Gasteiger partial charge in [-0.3, -0.25) is 0 Å². The van der Waals surface area contributed by atoms with Crippen LogP contribution in [0, 0.1) is 0 Å². The minimum atomic E-state index is -4.43. The van der Waals surface area contributed by atoms with Gasteiger partial charge in [-0.2, -0.15) is 13.2 Å². The molecule has 3 N–H and O–H groups in total. The topological polar surface area (TPSA) is 38.0 Å². The van der Waals surface area contributed by atoms with Crippen LogP contribution in [0.15, 0.2) is 30.4 Å². The van der Waals surface area contributed by atoms with Crippen LogP contribution in [0.5, 0.6) is 0 Å². The molecule has 5 heteroatoms. The summed E-state index contributed by atoms with van der Waals surface area (Å²) >= 11 is 0. The third-order valence-electron chi connectivity index (χ3n) is 1.95. The molecule has 0 fully saturated rings. The van der Waals surface area contributed by atoms with Crippen molar-refractivity contribution in [3.63, 3.8) is 0 Å². The van der Waals surface area contributed by atoms with Gasteiger partial charge in [-0.25, -0.2) is 0 Å². The summed E-state index contributed by atoms with van der Waals surface area (Å²) in [5.41, 5.74) is 5.39. The lowest BCUT2D eigenvalue weighted by Crippen LogP contribution is -2.10. The summed E-state index contributed by atoms with van der Waals surface area (Å²) in [5.74, 6) is 0. The lowest BCUT2D eigenvalue weighted by Gasteiger charge is -2.13. The van der Waals surface area contributed by atoms with Crippen LogP contribution in [0.1, 0.15) is 12.5 Å². The van der Waals surface area contributed by atoms with E-state index in [-0.39, 0.29) is 5.69 Å². The number of nitrogens with one attached hydrogen (secondary N) is 1. The highest BCUT2D eigenvalue weighted by Crippen LogP contribution is 2.35. The Kier molecular flexibility index (Phi) is 3.47. The first-order valence-electron chi connectivity index (χ1n) is 4.65. The van der Waals surface area contributed by atoms with Crippen LogP contribution in [0.25, 0.3) is 0 Å². The van der Waals surface area contributed by atoms with Crippen molar-refractivity contribution < 1.29 is 13.2 Å². The molecule has 0 bridgehead atoms. The fourth-order valence-electron chi connectivity index (χ4n) is 1.16. The van der Waals surface area contributed by atoms with E-state index in [1.807, 2.05) is 0 Å². The number of alkyl halides is 3. The Balaban J connectivity index is 2.94. The number of nitrogens with two attached hydrogens (primary N) is 1. The maximum absolute atomic E-state index is 12.5. The summed E-state index contributed by atoms with van der Waals surface area (Å²) in [7, 11) is 0. The van der Waals surface area contributed by atoms with Gasteiger partial charge in [-0.15, -0.1) is 0 Å². The Labute approximate surface area is 92.0 Å². The highest BCUT2D eigenvalue weighted by atomic mass is 19.4. The van der Waals surface area contributed by atoms with Gasteiger partial charge in [0.2, 0.25) is 0 Å². The average Bonchev–Trinajstić information content (AvgIpc) is 2.14. The van der Waals surface area contributed by atoms with Crippen molar-refractivity contribution in [2.75, 3.05) is 17.6 Å². The quantitative estimate of drug-likeness (QED) is 0.617. The number of benzene rings is 1. The van der Waals surface area contributed by atoms with Crippen molar-refractivity contribution in [2.45, 2.75) is 13.1 Å². The highest BCUT2D eigenvalue weighted by molar-refractivity contribution is 5.58. The molecule has 1 aromatic rings. The largest absolute Gasteiger partial charge is 0.418 e. The molecule has 0 aliphatic rings. The predicted molar refractivity (Wildman–Crippen MR) is 59.2 cm³/mol. The molecule has 0 aromatic heterocycles. The fraction of sp³-hybridized carbons (Fsp3) is 0.273. The third kappa shape index (κ3) is 3.18. The Hall–Kier alpha value is -1.65. The first-order valence-corrected chi connectivity index (χ1v) is 4.65. The summed E-state index contributed by atoms with van der Waals surface area (Å²) in [4.78, 5) is 0. The summed E-state index contributed by atoms with van der Waals surface area (Å²) < 4.78 is 37.5. The fourth-order valence-corrected chi connectivity index (χ4v) is 1.16. The van der Waals surface area contributed by atoms with Crippen LogP contribution in [0.3, 0.4) is 0 Å². The molecule has 0 radical (unpaired) electrons. The van der Waals surface area contributed by atoms with Crippen molar-refractivity contribution in [1.29, 1.82) is 0 Å². The number of hydrogen-bond donors (Lipinski definition) is 2. The molecule has 0 atom stereocenters. The summed E-state index contributed by atoms with van der Waals surface area (Å²) in [6.07, 6.45) is -4.43. The van der Waals surface area contributed by atoms with Gasteiger partial charge in [-0.05, 0) is 25.1 Å². The Morgan fingerprint density at radius 1 is 1.44 bits per heavy atom. The van der Waals surface area contributed by atoms with Gasteiger partial charge >= 0.3 is 6.18 Å². The van der Waals surface area contributed by atoms with E-state index < -0.39 is 11.7 Å². The maximum atomic E-state index is 12.5. The smallest absolute Gasteiger partial charge is 0.398 e. The van der Waals surface area contributed by atoms with E-state index in [2.05, 4.69) is 11.9 Å². The second-order valence-corrected chi connectivity index (χ2v) is 3.61.